The number of aromatic nitrogens is 2. The highest BCUT2D eigenvalue weighted by Gasteiger charge is 2.44. The van der Waals surface area contributed by atoms with Crippen LogP contribution in [0, 0.1) is 277 Å². The Kier molecular flexibility index (Phi) is 25.0. The van der Waals surface area contributed by atoms with Gasteiger partial charge in [0.2, 0.25) is 0 Å². The van der Waals surface area contributed by atoms with Crippen LogP contribution in [0.3, 0.4) is 0 Å². The summed E-state index contributed by atoms with van der Waals surface area (Å²) in [4.78, 5) is 28.7. The number of hydrogen-bond donors (Lipinski definition) is 0. The van der Waals surface area contributed by atoms with Crippen LogP contribution in [-0.4, -0.2) is 59.3 Å². The van der Waals surface area contributed by atoms with Gasteiger partial charge in [-0.25, -0.2) is 4.57 Å². The Morgan fingerprint density at radius 2 is 0.947 bits per heavy atom. The molecule has 2 aromatic rings. The van der Waals surface area contributed by atoms with Crippen LogP contribution in [-0.2, 0) is 30.3 Å². The standard InChI is InChI=1S/C62H22N4O8S/c1-5-7-9-11-13-15-17-19-21-23-25-27-29-31-33-35-37-39-41-43-50-64(51-44-42-40-38-36-34-32-30-28-26-24-22-20-18-16-14-12-10-8-6-2)59(67)57-45-47-58(48-46-57)75(70,71)74-56-62(54-72-61(3,4)73-55-62)53-65-52-49-63-60(65)66(68)69/h1-2,45-49,52H,53-56H2,3-4H3. The number of rotatable bonds is 8. The van der Waals surface area contributed by atoms with Crippen LogP contribution in [0.5, 0.6) is 0 Å². The van der Waals surface area contributed by atoms with Gasteiger partial charge in [0, 0.05) is 160 Å². The van der Waals surface area contributed by atoms with Gasteiger partial charge in [-0.05, 0) is 138 Å². The summed E-state index contributed by atoms with van der Waals surface area (Å²) < 4.78 is 45.2. The first kappa shape index (κ1) is 56.8. The average molecular weight is 983 g/mol. The molecule has 0 N–H and O–H groups in total. The van der Waals surface area contributed by atoms with Gasteiger partial charge in [-0.15, -0.1) is 12.8 Å². The molecular formula is C62H22N4O8S. The summed E-state index contributed by atoms with van der Waals surface area (Å²) in [6.07, 6.45) is 12.6. The van der Waals surface area contributed by atoms with Crippen molar-refractivity contribution in [2.75, 3.05) is 19.8 Å². The molecule has 1 fully saturated rings. The number of nitro groups is 1. The molecule has 1 amide bonds. The third-order valence-corrected chi connectivity index (χ3v) is 8.94. The third-order valence-electron chi connectivity index (χ3n) is 7.66. The first-order valence-electron chi connectivity index (χ1n) is 20.1. The molecule has 0 radical (unpaired) electrons. The van der Waals surface area contributed by atoms with Gasteiger partial charge in [-0.2, -0.15) is 13.3 Å². The van der Waals surface area contributed by atoms with Crippen molar-refractivity contribution in [1.82, 2.24) is 14.5 Å². The van der Waals surface area contributed by atoms with E-state index in [1.807, 2.05) is 0 Å². The van der Waals surface area contributed by atoms with Crippen molar-refractivity contribution in [2.45, 2.75) is 31.1 Å². The van der Waals surface area contributed by atoms with Crippen LogP contribution in [0.15, 0.2) is 41.6 Å². The predicted molar refractivity (Wildman–Crippen MR) is 276 cm³/mol. The molecule has 344 valence electrons. The molecule has 0 saturated carbocycles. The normalized spacial score (nSPS) is 9.87. The summed E-state index contributed by atoms with van der Waals surface area (Å²) in [6, 6.07) is 9.68. The maximum absolute atomic E-state index is 13.6. The van der Waals surface area contributed by atoms with Gasteiger partial charge in [0.05, 0.1) is 36.7 Å². The molecule has 2 heterocycles. The molecule has 0 aliphatic carbocycles. The van der Waals surface area contributed by atoms with Gasteiger partial charge in [-0.1, -0.05) is 4.98 Å². The van der Waals surface area contributed by atoms with Crippen LogP contribution in [0.4, 0.5) is 5.95 Å². The smallest absolute Gasteiger partial charge is 0.390 e. The fraction of sp³-hybridized carbons (Fsp3) is 0.129. The quantitative estimate of drug-likeness (QED) is 0.127. The van der Waals surface area contributed by atoms with Crippen molar-refractivity contribution < 1.29 is 31.8 Å². The summed E-state index contributed by atoms with van der Waals surface area (Å²) >= 11 is 0. The molecule has 0 unspecified atom stereocenters. The molecule has 0 bridgehead atoms. The Morgan fingerprint density at radius 1 is 0.613 bits per heavy atom. The van der Waals surface area contributed by atoms with Crippen molar-refractivity contribution in [2.24, 2.45) is 5.41 Å². The number of imidazole rings is 1. The molecule has 75 heavy (non-hydrogen) atoms. The molecule has 13 heteroatoms. The second-order valence-electron chi connectivity index (χ2n) is 13.2. The first-order chi connectivity index (χ1) is 36.4. The molecule has 3 rings (SSSR count). The minimum absolute atomic E-state index is 0.0383. The van der Waals surface area contributed by atoms with E-state index in [9.17, 15) is 23.3 Å². The minimum atomic E-state index is -4.47. The van der Waals surface area contributed by atoms with Crippen LogP contribution < -0.4 is 0 Å². The second kappa shape index (κ2) is 33.0. The van der Waals surface area contributed by atoms with E-state index in [-0.39, 0.29) is 30.2 Å². The number of carbonyl (C=O) groups is 1. The maximum atomic E-state index is 13.6. The van der Waals surface area contributed by atoms with E-state index in [0.717, 1.165) is 17.0 Å². The number of benzene rings is 1. The zero-order valence-corrected chi connectivity index (χ0v) is 39.7. The Labute approximate surface area is 436 Å². The van der Waals surface area contributed by atoms with E-state index in [4.69, 9.17) is 26.5 Å². The van der Waals surface area contributed by atoms with Crippen molar-refractivity contribution in [3.8, 4) is 262 Å². The van der Waals surface area contributed by atoms with Crippen molar-refractivity contribution in [1.29, 1.82) is 0 Å². The highest BCUT2D eigenvalue weighted by molar-refractivity contribution is 7.86. The van der Waals surface area contributed by atoms with E-state index in [1.165, 1.54) is 29.1 Å². The van der Waals surface area contributed by atoms with E-state index >= 15 is 0 Å². The Bertz CT molecular complexity index is 4060. The van der Waals surface area contributed by atoms with E-state index < -0.39 is 44.7 Å². The summed E-state index contributed by atoms with van der Waals surface area (Å²) in [7, 11) is -4.47. The van der Waals surface area contributed by atoms with Gasteiger partial charge in [0.1, 0.15) is 12.4 Å². The molecule has 1 aliphatic rings. The molecule has 1 aromatic carbocycles. The first-order valence-corrected chi connectivity index (χ1v) is 21.5. The second-order valence-corrected chi connectivity index (χ2v) is 14.8. The lowest BCUT2D eigenvalue weighted by Gasteiger charge is -2.42. The van der Waals surface area contributed by atoms with Gasteiger partial charge in [-0.3, -0.25) is 8.98 Å². The molecule has 0 spiro atoms. The fourth-order valence-corrected chi connectivity index (χ4v) is 5.52. The molecule has 1 saturated heterocycles. The monoisotopic (exact) mass is 982 g/mol. The number of carbonyl (C=O) groups excluding carboxylic acids is 1. The SMILES string of the molecule is C#CC#CC#CC#CC#CC#CC#CC#CC#CC#CC#CN(C#CC#CC#CC#CC#CC#CC#CC#CC#CC#CC#C)C(=O)c1ccc(S(=O)(=O)OCC2(Cn3ccnc3[N+](=O)[O-])COC(C)(C)OC2)cc1. The molecule has 0 atom stereocenters. The summed E-state index contributed by atoms with van der Waals surface area (Å²) in [5.74, 6) is 95.0. The van der Waals surface area contributed by atoms with Crippen molar-refractivity contribution in [3.63, 3.8) is 0 Å². The highest BCUT2D eigenvalue weighted by Crippen LogP contribution is 2.34. The predicted octanol–water partition coefficient (Wildman–Crippen LogP) is 1.66. The zero-order valence-electron chi connectivity index (χ0n) is 38.9. The Morgan fingerprint density at radius 3 is 1.28 bits per heavy atom. The largest absolute Gasteiger partial charge is 0.434 e. The molecular weight excluding hydrogens is 961 g/mol. The molecule has 12 nitrogen and oxygen atoms in total. The van der Waals surface area contributed by atoms with E-state index in [1.54, 1.807) is 13.8 Å². The molecule has 1 aliphatic heterocycles. The summed E-state index contributed by atoms with van der Waals surface area (Å²) in [5.41, 5.74) is -1.22. The van der Waals surface area contributed by atoms with Gasteiger partial charge in [0.15, 0.2) is 5.79 Å². The lowest BCUT2D eigenvalue weighted by Crippen LogP contribution is -2.51. The number of ether oxygens (including phenoxy) is 2. The summed E-state index contributed by atoms with van der Waals surface area (Å²) in [5, 5.41) is 11.6. The van der Waals surface area contributed by atoms with Crippen LogP contribution in [0.1, 0.15) is 24.2 Å². The van der Waals surface area contributed by atoms with Crippen LogP contribution in [0.2, 0.25) is 0 Å². The topological polar surface area (TPSA) is 143 Å². The number of terminal acetylenes is 2. The Hall–Kier alpha value is -12.6. The third kappa shape index (κ3) is 23.8. The van der Waals surface area contributed by atoms with Gasteiger partial charge in [0.25, 0.3) is 16.0 Å². The van der Waals surface area contributed by atoms with Gasteiger partial charge < -0.3 is 19.6 Å². The molecule has 1 aromatic heterocycles. The van der Waals surface area contributed by atoms with E-state index in [0.29, 0.717) is 0 Å². The fourth-order valence-electron chi connectivity index (χ4n) is 4.51. The lowest BCUT2D eigenvalue weighted by atomic mass is 9.89. The van der Waals surface area contributed by atoms with Crippen molar-refractivity contribution in [3.05, 3.63) is 52.3 Å². The lowest BCUT2D eigenvalue weighted by molar-refractivity contribution is -0.397. The number of hydrogen-bond acceptors (Lipinski definition) is 9. The van der Waals surface area contributed by atoms with Gasteiger partial charge >= 0.3 is 5.95 Å². The number of amides is 1. The highest BCUT2D eigenvalue weighted by atomic mass is 32.2. The van der Waals surface area contributed by atoms with Crippen LogP contribution >= 0.6 is 0 Å². The minimum Gasteiger partial charge on any atom is -0.390 e. The summed E-state index contributed by atoms with van der Waals surface area (Å²) in [6.45, 7) is 2.60. The van der Waals surface area contributed by atoms with Crippen LogP contribution in [0.25, 0.3) is 0 Å². The maximum Gasteiger partial charge on any atom is 0.434 e. The van der Waals surface area contributed by atoms with Crippen molar-refractivity contribution >= 4 is 22.0 Å². The Balaban J connectivity index is 1.80. The number of nitrogens with zero attached hydrogens (tertiary/aromatic N) is 4. The van der Waals surface area contributed by atoms with E-state index in [2.05, 4.69) is 254 Å². The zero-order chi connectivity index (χ0) is 54.1. The average Bonchev–Trinajstić information content (AvgIpc) is 3.87.